The molecule has 0 saturated heterocycles. The van der Waals surface area contributed by atoms with Crippen LogP contribution in [0.5, 0.6) is 11.5 Å². The molecule has 164 valence electrons. The van der Waals surface area contributed by atoms with Crippen LogP contribution in [-0.4, -0.2) is 49.2 Å². The summed E-state index contributed by atoms with van der Waals surface area (Å²) in [5, 5.41) is 3.42. The summed E-state index contributed by atoms with van der Waals surface area (Å²) in [7, 11) is 1.61. The minimum Gasteiger partial charge on any atom is -0.497 e. The number of amides is 1. The van der Waals surface area contributed by atoms with E-state index in [1.165, 1.54) is 0 Å². The molecule has 0 unspecified atom stereocenters. The van der Waals surface area contributed by atoms with Gasteiger partial charge < -0.3 is 24.1 Å². The number of hydrogen-bond donors (Lipinski definition) is 3. The van der Waals surface area contributed by atoms with Gasteiger partial charge in [0, 0.05) is 6.54 Å². The molecule has 0 atom stereocenters. The lowest BCUT2D eigenvalue weighted by Gasteiger charge is -2.18. The second-order valence-corrected chi connectivity index (χ2v) is 6.85. The Morgan fingerprint density at radius 2 is 1.77 bits per heavy atom. The first-order chi connectivity index (χ1) is 14.5. The average Bonchev–Trinajstić information content (AvgIpc) is 3.25. The second kappa shape index (κ2) is 12.7. The van der Waals surface area contributed by atoms with Gasteiger partial charge >= 0.3 is 5.91 Å². The van der Waals surface area contributed by atoms with Crippen LogP contribution in [0.1, 0.15) is 36.6 Å². The van der Waals surface area contributed by atoms with Crippen LogP contribution >= 0.6 is 12.2 Å². The molecule has 0 fully saturated rings. The SMILES string of the molecule is CCN(CC)CCCNC(=S)NNC(=O)c1ccc(COc2ccc(OC)cc2)o1. The van der Waals surface area contributed by atoms with E-state index in [0.29, 0.717) is 16.6 Å². The number of nitrogens with one attached hydrogen (secondary N) is 3. The van der Waals surface area contributed by atoms with Crippen molar-refractivity contribution in [3.63, 3.8) is 0 Å². The number of thiocarbonyl (C=S) groups is 1. The molecule has 1 aromatic carbocycles. The lowest BCUT2D eigenvalue weighted by atomic mass is 10.3. The molecule has 0 radical (unpaired) electrons. The smallest absolute Gasteiger partial charge is 0.305 e. The molecule has 8 nitrogen and oxygen atoms in total. The van der Waals surface area contributed by atoms with Crippen LogP contribution in [0.3, 0.4) is 0 Å². The maximum absolute atomic E-state index is 12.2. The first-order valence-corrected chi connectivity index (χ1v) is 10.4. The summed E-state index contributed by atoms with van der Waals surface area (Å²) < 4.78 is 16.3. The van der Waals surface area contributed by atoms with Gasteiger partial charge in [0.15, 0.2) is 10.9 Å². The van der Waals surface area contributed by atoms with E-state index >= 15 is 0 Å². The highest BCUT2D eigenvalue weighted by Crippen LogP contribution is 2.18. The summed E-state index contributed by atoms with van der Waals surface area (Å²) in [5.74, 6) is 1.71. The number of carbonyl (C=O) groups excluding carboxylic acids is 1. The van der Waals surface area contributed by atoms with Crippen molar-refractivity contribution in [2.45, 2.75) is 26.9 Å². The summed E-state index contributed by atoms with van der Waals surface area (Å²) in [4.78, 5) is 14.5. The first-order valence-electron chi connectivity index (χ1n) is 9.97. The molecule has 1 amide bonds. The van der Waals surface area contributed by atoms with Gasteiger partial charge in [0.25, 0.3) is 0 Å². The molecule has 0 aliphatic rings. The Hall–Kier alpha value is -2.78. The third kappa shape index (κ3) is 7.92. The van der Waals surface area contributed by atoms with Crippen LogP contribution in [0, 0.1) is 0 Å². The molecule has 3 N–H and O–H groups in total. The monoisotopic (exact) mass is 434 g/mol. The molecule has 2 aromatic rings. The van der Waals surface area contributed by atoms with Crippen molar-refractivity contribution < 1.29 is 18.7 Å². The molecule has 0 aliphatic heterocycles. The molecule has 0 bridgehead atoms. The maximum Gasteiger partial charge on any atom is 0.305 e. The Labute approximate surface area is 182 Å². The number of hydrogen-bond acceptors (Lipinski definition) is 6. The van der Waals surface area contributed by atoms with Gasteiger partial charge in [0.1, 0.15) is 23.9 Å². The molecule has 0 saturated carbocycles. The number of ether oxygens (including phenoxy) is 2. The zero-order valence-electron chi connectivity index (χ0n) is 17.7. The number of methoxy groups -OCH3 is 1. The van der Waals surface area contributed by atoms with Gasteiger partial charge in [-0.25, -0.2) is 0 Å². The second-order valence-electron chi connectivity index (χ2n) is 6.45. The van der Waals surface area contributed by atoms with E-state index < -0.39 is 5.91 Å². The van der Waals surface area contributed by atoms with Crippen LogP contribution in [0.2, 0.25) is 0 Å². The summed E-state index contributed by atoms with van der Waals surface area (Å²) in [6, 6.07) is 10.5. The van der Waals surface area contributed by atoms with Gasteiger partial charge in [-0.1, -0.05) is 13.8 Å². The van der Waals surface area contributed by atoms with Gasteiger partial charge in [-0.15, -0.1) is 0 Å². The zero-order chi connectivity index (χ0) is 21.8. The predicted molar refractivity (Wildman–Crippen MR) is 120 cm³/mol. The minimum atomic E-state index is -0.419. The van der Waals surface area contributed by atoms with E-state index in [9.17, 15) is 4.79 Å². The molecular weight excluding hydrogens is 404 g/mol. The van der Waals surface area contributed by atoms with Crippen molar-refractivity contribution in [3.8, 4) is 11.5 Å². The summed E-state index contributed by atoms with van der Waals surface area (Å²) in [6.07, 6.45) is 0.965. The van der Waals surface area contributed by atoms with E-state index in [-0.39, 0.29) is 12.4 Å². The van der Waals surface area contributed by atoms with E-state index in [1.54, 1.807) is 31.4 Å². The maximum atomic E-state index is 12.2. The number of nitrogens with zero attached hydrogens (tertiary/aromatic N) is 1. The van der Waals surface area contributed by atoms with E-state index in [1.807, 2.05) is 12.1 Å². The van der Waals surface area contributed by atoms with Crippen LogP contribution in [0.4, 0.5) is 0 Å². The number of carbonyl (C=O) groups is 1. The Morgan fingerprint density at radius 1 is 1.07 bits per heavy atom. The zero-order valence-corrected chi connectivity index (χ0v) is 18.5. The predicted octanol–water partition coefficient (Wildman–Crippen LogP) is 2.71. The Balaban J connectivity index is 1.68. The Bertz CT molecular complexity index is 791. The van der Waals surface area contributed by atoms with E-state index in [2.05, 4.69) is 34.9 Å². The van der Waals surface area contributed by atoms with Gasteiger partial charge in [-0.05, 0) is 74.7 Å². The highest BCUT2D eigenvalue weighted by molar-refractivity contribution is 7.80. The van der Waals surface area contributed by atoms with Crippen molar-refractivity contribution in [2.24, 2.45) is 0 Å². The quantitative estimate of drug-likeness (QED) is 0.283. The van der Waals surface area contributed by atoms with Crippen molar-refractivity contribution in [1.82, 2.24) is 21.1 Å². The van der Waals surface area contributed by atoms with Crippen molar-refractivity contribution >= 4 is 23.2 Å². The lowest BCUT2D eigenvalue weighted by molar-refractivity contribution is 0.0911. The third-order valence-electron chi connectivity index (χ3n) is 4.45. The van der Waals surface area contributed by atoms with Crippen LogP contribution in [0.15, 0.2) is 40.8 Å². The van der Waals surface area contributed by atoms with E-state index in [0.717, 1.165) is 38.3 Å². The fourth-order valence-electron chi connectivity index (χ4n) is 2.67. The summed E-state index contributed by atoms with van der Waals surface area (Å²) in [5.41, 5.74) is 5.20. The lowest BCUT2D eigenvalue weighted by Crippen LogP contribution is -2.47. The van der Waals surface area contributed by atoms with Crippen molar-refractivity contribution in [1.29, 1.82) is 0 Å². The first kappa shape index (κ1) is 23.5. The summed E-state index contributed by atoms with van der Waals surface area (Å²) >= 11 is 5.17. The van der Waals surface area contributed by atoms with Crippen molar-refractivity contribution in [3.05, 3.63) is 47.9 Å². The number of benzene rings is 1. The molecule has 2 rings (SSSR count). The number of hydrazine groups is 1. The fourth-order valence-corrected chi connectivity index (χ4v) is 2.82. The molecule has 0 spiro atoms. The van der Waals surface area contributed by atoms with Gasteiger partial charge in [0.05, 0.1) is 7.11 Å². The summed E-state index contributed by atoms with van der Waals surface area (Å²) in [6.45, 7) is 8.29. The highest BCUT2D eigenvalue weighted by Gasteiger charge is 2.12. The molecule has 30 heavy (non-hydrogen) atoms. The minimum absolute atomic E-state index is 0.167. The molecule has 9 heteroatoms. The largest absolute Gasteiger partial charge is 0.497 e. The Kier molecular flexibility index (Phi) is 9.96. The van der Waals surface area contributed by atoms with Crippen molar-refractivity contribution in [2.75, 3.05) is 33.3 Å². The molecule has 1 heterocycles. The van der Waals surface area contributed by atoms with Gasteiger partial charge in [0.2, 0.25) is 0 Å². The Morgan fingerprint density at radius 3 is 2.43 bits per heavy atom. The van der Waals surface area contributed by atoms with E-state index in [4.69, 9.17) is 26.1 Å². The average molecular weight is 435 g/mol. The van der Waals surface area contributed by atoms with Gasteiger partial charge in [-0.2, -0.15) is 0 Å². The number of rotatable bonds is 11. The van der Waals surface area contributed by atoms with Crippen LogP contribution in [-0.2, 0) is 6.61 Å². The van der Waals surface area contributed by atoms with Gasteiger partial charge in [-0.3, -0.25) is 15.6 Å². The third-order valence-corrected chi connectivity index (χ3v) is 4.69. The standard InChI is InChI=1S/C21H30N4O4S/c1-4-25(5-2)14-6-13-22-21(30)24-23-20(26)19-12-11-18(29-19)15-28-17-9-7-16(27-3)8-10-17/h7-12H,4-6,13-15H2,1-3H3,(H,23,26)(H2,22,24,30). The molecule has 1 aromatic heterocycles. The normalized spacial score (nSPS) is 10.5. The fraction of sp³-hybridized carbons (Fsp3) is 0.429. The topological polar surface area (TPSA) is 88.0 Å². The highest BCUT2D eigenvalue weighted by atomic mass is 32.1. The molecular formula is C21H30N4O4S. The molecule has 0 aliphatic carbocycles. The van der Waals surface area contributed by atoms with Crippen LogP contribution < -0.4 is 25.6 Å². The number of furan rings is 1. The van der Waals surface area contributed by atoms with Crippen LogP contribution in [0.25, 0.3) is 0 Å².